The van der Waals surface area contributed by atoms with Gasteiger partial charge in [-0.1, -0.05) is 11.6 Å². The third-order valence-electron chi connectivity index (χ3n) is 6.20. The summed E-state index contributed by atoms with van der Waals surface area (Å²) in [5.41, 5.74) is 7.26. The molecule has 3 N–H and O–H groups in total. The molecule has 2 aromatic carbocycles. The van der Waals surface area contributed by atoms with Crippen LogP contribution < -0.4 is 20.8 Å². The summed E-state index contributed by atoms with van der Waals surface area (Å²) in [5, 5.41) is 5.35. The number of nitrogens with two attached hydrogens (primary N) is 1. The average molecular weight is 602 g/mol. The Labute approximate surface area is 240 Å². The highest BCUT2D eigenvalue weighted by atomic mass is 35.5. The summed E-state index contributed by atoms with van der Waals surface area (Å²) in [6, 6.07) is 8.45. The maximum absolute atomic E-state index is 14.1. The van der Waals surface area contributed by atoms with E-state index in [-0.39, 0.29) is 46.6 Å². The summed E-state index contributed by atoms with van der Waals surface area (Å²) in [6.45, 7) is 3.68. The van der Waals surface area contributed by atoms with E-state index in [2.05, 4.69) is 19.8 Å². The molecule has 0 aliphatic rings. The van der Waals surface area contributed by atoms with Crippen LogP contribution in [0, 0.1) is 11.6 Å². The predicted molar refractivity (Wildman–Crippen MR) is 155 cm³/mol. The van der Waals surface area contributed by atoms with Gasteiger partial charge in [0.25, 0.3) is 5.56 Å². The smallest absolute Gasteiger partial charge is 0.267 e. The minimum absolute atomic E-state index is 0.0431. The van der Waals surface area contributed by atoms with E-state index in [1.807, 2.05) is 13.8 Å². The maximum Gasteiger partial charge on any atom is 0.267 e. The van der Waals surface area contributed by atoms with E-state index in [9.17, 15) is 17.8 Å². The zero-order chi connectivity index (χ0) is 29.6. The molecule has 214 valence electrons. The first kappa shape index (κ1) is 28.6. The lowest BCUT2D eigenvalue weighted by atomic mass is 10.0. The first-order chi connectivity index (χ1) is 19.4. The Balaban J connectivity index is 1.79. The Morgan fingerprint density at radius 2 is 1.83 bits per heavy atom. The van der Waals surface area contributed by atoms with Crippen LogP contribution in [-0.4, -0.2) is 40.9 Å². The molecule has 5 rings (SSSR count). The monoisotopic (exact) mass is 601 g/mol. The lowest BCUT2D eigenvalue weighted by Crippen LogP contribution is -2.30. The van der Waals surface area contributed by atoms with E-state index in [1.54, 1.807) is 31.3 Å². The van der Waals surface area contributed by atoms with Crippen LogP contribution in [0.15, 0.2) is 47.3 Å². The normalized spacial score (nSPS) is 13.2. The molecule has 3 aromatic heterocycles. The Morgan fingerprint density at radius 1 is 1.12 bits per heavy atom. The van der Waals surface area contributed by atoms with Gasteiger partial charge in [-0.3, -0.25) is 18.8 Å². The van der Waals surface area contributed by atoms with E-state index < -0.39 is 34.2 Å². The van der Waals surface area contributed by atoms with Crippen molar-refractivity contribution in [1.29, 1.82) is 0 Å². The average Bonchev–Trinajstić information content (AvgIpc) is 3.19. The number of aryl methyl sites for hydroxylation is 1. The Hall–Kier alpha value is -3.94. The second-order valence-electron chi connectivity index (χ2n) is 9.70. The highest BCUT2D eigenvalue weighted by Crippen LogP contribution is 2.35. The fourth-order valence-corrected chi connectivity index (χ4v) is 5.33. The Bertz CT molecular complexity index is 1870. The van der Waals surface area contributed by atoms with Crippen molar-refractivity contribution < 1.29 is 17.7 Å². The molecule has 0 aliphatic carbocycles. The van der Waals surface area contributed by atoms with Crippen LogP contribution in [0.5, 0.6) is 5.88 Å². The Morgan fingerprint density at radius 3 is 2.49 bits per heavy atom. The molecule has 0 aliphatic heterocycles. The SMILES string of the molecule is CC(C)Oc1ccc2c(=O)n(-c3ccc(Cl)c4c(NS(C)=O)nn(C)c34)c(C(N)Cc3cc(F)cc(F)c3)nc2n1. The van der Waals surface area contributed by atoms with Crippen molar-refractivity contribution in [2.45, 2.75) is 32.4 Å². The van der Waals surface area contributed by atoms with E-state index in [1.165, 1.54) is 27.6 Å². The fraction of sp³-hybridized carbons (Fsp3) is 0.259. The van der Waals surface area contributed by atoms with E-state index >= 15 is 0 Å². The van der Waals surface area contributed by atoms with Crippen LogP contribution in [0.3, 0.4) is 0 Å². The van der Waals surface area contributed by atoms with Crippen LogP contribution in [0.25, 0.3) is 27.6 Å². The zero-order valence-corrected chi connectivity index (χ0v) is 24.1. The van der Waals surface area contributed by atoms with Crippen LogP contribution in [-0.2, 0) is 24.5 Å². The molecular weight excluding hydrogens is 576 g/mol. The minimum atomic E-state index is -1.45. The molecule has 0 saturated heterocycles. The molecule has 3 heterocycles. The molecule has 0 saturated carbocycles. The van der Waals surface area contributed by atoms with Crippen LogP contribution in [0.2, 0.25) is 5.02 Å². The third-order valence-corrected chi connectivity index (χ3v) is 6.99. The standard InChI is InChI=1S/C27H26ClF2N7O3S/c1-13(2)40-21-8-5-17-24(32-21)33-26(19(31)11-14-9-15(29)12-16(30)10-14)37(27(17)38)20-7-6-18(28)22-23(20)36(3)34-25(22)35-41(4)39/h5-10,12-13,19H,11,31H2,1-4H3,(H,34,35). The van der Waals surface area contributed by atoms with Crippen LogP contribution in [0.4, 0.5) is 14.6 Å². The number of aromatic nitrogens is 5. The number of halogens is 3. The largest absolute Gasteiger partial charge is 0.475 e. The number of hydrogen-bond acceptors (Lipinski definition) is 7. The van der Waals surface area contributed by atoms with Gasteiger partial charge in [-0.05, 0) is 56.2 Å². The van der Waals surface area contributed by atoms with Gasteiger partial charge in [-0.25, -0.2) is 18.0 Å². The molecule has 10 nitrogen and oxygen atoms in total. The Kier molecular flexibility index (Phi) is 7.77. The number of hydrogen-bond donors (Lipinski definition) is 2. The van der Waals surface area contributed by atoms with Crippen molar-refractivity contribution in [2.75, 3.05) is 11.0 Å². The van der Waals surface area contributed by atoms with Crippen molar-refractivity contribution in [2.24, 2.45) is 12.8 Å². The van der Waals surface area contributed by atoms with Gasteiger partial charge in [0, 0.05) is 25.4 Å². The molecular formula is C27H26ClF2N7O3S. The summed E-state index contributed by atoms with van der Waals surface area (Å²) in [6.07, 6.45) is 1.24. The van der Waals surface area contributed by atoms with Gasteiger partial charge in [0.2, 0.25) is 5.88 Å². The molecule has 14 heteroatoms. The van der Waals surface area contributed by atoms with Crippen molar-refractivity contribution >= 4 is 50.3 Å². The molecule has 2 atom stereocenters. The van der Waals surface area contributed by atoms with E-state index in [0.29, 0.717) is 21.6 Å². The van der Waals surface area contributed by atoms with E-state index in [0.717, 1.165) is 6.07 Å². The van der Waals surface area contributed by atoms with Gasteiger partial charge >= 0.3 is 0 Å². The lowest BCUT2D eigenvalue weighted by Gasteiger charge is -2.20. The molecule has 0 amide bonds. The van der Waals surface area contributed by atoms with Gasteiger partial charge in [0.05, 0.1) is 39.1 Å². The number of pyridine rings is 1. The van der Waals surface area contributed by atoms with Crippen LogP contribution >= 0.6 is 11.6 Å². The van der Waals surface area contributed by atoms with Crippen molar-refractivity contribution in [1.82, 2.24) is 24.3 Å². The summed E-state index contributed by atoms with van der Waals surface area (Å²) >= 11 is 6.54. The number of rotatable bonds is 8. The highest BCUT2D eigenvalue weighted by molar-refractivity contribution is 7.85. The lowest BCUT2D eigenvalue weighted by molar-refractivity contribution is 0.233. The van der Waals surface area contributed by atoms with Crippen LogP contribution in [0.1, 0.15) is 31.3 Å². The fourth-order valence-electron chi connectivity index (χ4n) is 4.68. The number of nitrogens with one attached hydrogen (secondary N) is 1. The minimum Gasteiger partial charge on any atom is -0.475 e. The summed E-state index contributed by atoms with van der Waals surface area (Å²) in [7, 11) is 0.197. The second kappa shape index (κ2) is 11.1. The van der Waals surface area contributed by atoms with Gasteiger partial charge in [0.1, 0.15) is 28.4 Å². The first-order valence-electron chi connectivity index (χ1n) is 12.5. The van der Waals surface area contributed by atoms with Gasteiger partial charge in [-0.15, -0.1) is 0 Å². The molecule has 0 spiro atoms. The van der Waals surface area contributed by atoms with Gasteiger partial charge in [-0.2, -0.15) is 10.1 Å². The second-order valence-corrected chi connectivity index (χ2v) is 11.2. The number of nitrogens with zero attached hydrogens (tertiary/aromatic N) is 5. The maximum atomic E-state index is 14.1. The quantitative estimate of drug-likeness (QED) is 0.271. The summed E-state index contributed by atoms with van der Waals surface area (Å²) in [4.78, 5) is 23.2. The number of fused-ring (bicyclic) bond motifs is 2. The molecule has 0 bridgehead atoms. The number of ether oxygens (including phenoxy) is 1. The molecule has 41 heavy (non-hydrogen) atoms. The third kappa shape index (κ3) is 5.65. The van der Waals surface area contributed by atoms with Crippen molar-refractivity contribution in [3.63, 3.8) is 0 Å². The van der Waals surface area contributed by atoms with Gasteiger partial charge < -0.3 is 10.5 Å². The topological polar surface area (TPSA) is 130 Å². The predicted octanol–water partition coefficient (Wildman–Crippen LogP) is 4.33. The number of anilines is 1. The molecule has 0 fully saturated rings. The molecule has 5 aromatic rings. The zero-order valence-electron chi connectivity index (χ0n) is 22.5. The molecule has 2 unspecified atom stereocenters. The summed E-state index contributed by atoms with van der Waals surface area (Å²) < 4.78 is 51.2. The molecule has 0 radical (unpaired) electrons. The van der Waals surface area contributed by atoms with Crippen molar-refractivity contribution in [3.05, 3.63) is 80.9 Å². The first-order valence-corrected chi connectivity index (χ1v) is 14.4. The highest BCUT2D eigenvalue weighted by Gasteiger charge is 2.25. The summed E-state index contributed by atoms with van der Waals surface area (Å²) in [5.74, 6) is -0.894. The van der Waals surface area contributed by atoms with E-state index in [4.69, 9.17) is 22.1 Å². The van der Waals surface area contributed by atoms with Crippen molar-refractivity contribution in [3.8, 4) is 11.6 Å². The van der Waals surface area contributed by atoms with Gasteiger partial charge in [0.15, 0.2) is 11.5 Å². The number of benzene rings is 2.